The third-order valence-electron chi connectivity index (χ3n) is 5.09. The average Bonchev–Trinajstić information content (AvgIpc) is 2.88. The number of ether oxygens (including phenoxy) is 1. The molecule has 0 spiro atoms. The van der Waals surface area contributed by atoms with Gasteiger partial charge in [0.25, 0.3) is 5.91 Å². The molecule has 0 radical (unpaired) electrons. The van der Waals surface area contributed by atoms with Crippen LogP contribution < -0.4 is 14.8 Å². The molecule has 0 aliphatic carbocycles. The lowest BCUT2D eigenvalue weighted by molar-refractivity contribution is -0.118. The predicted octanol–water partition coefficient (Wildman–Crippen LogP) is 4.85. The molecule has 0 aromatic heterocycles. The van der Waals surface area contributed by atoms with Crippen molar-refractivity contribution >= 4 is 21.6 Å². The molecule has 0 heterocycles. The maximum atomic E-state index is 12.5. The first-order chi connectivity index (χ1) is 16.5. The fourth-order valence-corrected chi connectivity index (χ4v) is 4.31. The minimum absolute atomic E-state index is 0.121. The van der Waals surface area contributed by atoms with Crippen molar-refractivity contribution in [3.05, 3.63) is 115 Å². The molecule has 0 bridgehead atoms. The zero-order valence-corrected chi connectivity index (χ0v) is 19.2. The van der Waals surface area contributed by atoms with E-state index in [0.29, 0.717) is 11.4 Å². The van der Waals surface area contributed by atoms with Crippen LogP contribution in [0.2, 0.25) is 0 Å². The fourth-order valence-electron chi connectivity index (χ4n) is 3.30. The highest BCUT2D eigenvalue weighted by Gasteiger charge is 2.14. The average molecular weight is 473 g/mol. The van der Waals surface area contributed by atoms with E-state index in [4.69, 9.17) is 4.74 Å². The van der Waals surface area contributed by atoms with Crippen molar-refractivity contribution in [2.45, 2.75) is 11.4 Å². The van der Waals surface area contributed by atoms with Crippen LogP contribution in [0.25, 0.3) is 11.1 Å². The lowest BCUT2D eigenvalue weighted by Gasteiger charge is -2.10. The number of hydrogen-bond donors (Lipinski definition) is 2. The Morgan fingerprint density at radius 1 is 0.706 bits per heavy atom. The monoisotopic (exact) mass is 472 g/mol. The van der Waals surface area contributed by atoms with Crippen molar-refractivity contribution in [2.24, 2.45) is 0 Å². The van der Waals surface area contributed by atoms with Crippen LogP contribution >= 0.6 is 0 Å². The van der Waals surface area contributed by atoms with Crippen LogP contribution in [-0.2, 0) is 21.4 Å². The van der Waals surface area contributed by atoms with Gasteiger partial charge in [0.15, 0.2) is 6.61 Å². The Labute approximate surface area is 199 Å². The second-order valence-corrected chi connectivity index (χ2v) is 9.33. The molecule has 4 aromatic rings. The summed E-state index contributed by atoms with van der Waals surface area (Å²) >= 11 is 0. The zero-order valence-electron chi connectivity index (χ0n) is 18.3. The van der Waals surface area contributed by atoms with Crippen LogP contribution in [-0.4, -0.2) is 20.9 Å². The Morgan fingerprint density at radius 3 is 1.94 bits per heavy atom. The maximum absolute atomic E-state index is 12.5. The summed E-state index contributed by atoms with van der Waals surface area (Å²) in [6.07, 6.45) is 0. The van der Waals surface area contributed by atoms with E-state index in [1.165, 1.54) is 12.1 Å². The van der Waals surface area contributed by atoms with Crippen LogP contribution in [0, 0.1) is 0 Å². The predicted molar refractivity (Wildman–Crippen MR) is 133 cm³/mol. The molecule has 0 saturated carbocycles. The molecule has 0 aliphatic rings. The van der Waals surface area contributed by atoms with Gasteiger partial charge in [0.1, 0.15) is 5.75 Å². The van der Waals surface area contributed by atoms with Gasteiger partial charge in [-0.1, -0.05) is 72.8 Å². The molecule has 0 aliphatic heterocycles. The van der Waals surface area contributed by atoms with Gasteiger partial charge >= 0.3 is 0 Å². The van der Waals surface area contributed by atoms with Crippen molar-refractivity contribution < 1.29 is 17.9 Å². The Balaban J connectivity index is 1.28. The summed E-state index contributed by atoms with van der Waals surface area (Å²) in [5, 5.41) is 2.71. The van der Waals surface area contributed by atoms with Gasteiger partial charge in [-0.3, -0.25) is 4.79 Å². The minimum atomic E-state index is -3.66. The zero-order chi connectivity index (χ0) is 23.8. The van der Waals surface area contributed by atoms with Gasteiger partial charge < -0.3 is 10.1 Å². The number of sulfonamides is 1. The molecule has 1 amide bonds. The van der Waals surface area contributed by atoms with Gasteiger partial charge in [0.2, 0.25) is 10.0 Å². The smallest absolute Gasteiger partial charge is 0.262 e. The molecule has 0 saturated heterocycles. The molecule has 34 heavy (non-hydrogen) atoms. The van der Waals surface area contributed by atoms with Crippen LogP contribution in [0.1, 0.15) is 5.56 Å². The number of benzene rings is 4. The van der Waals surface area contributed by atoms with Crippen molar-refractivity contribution in [1.82, 2.24) is 4.72 Å². The number of nitrogens with one attached hydrogen (secondary N) is 2. The molecule has 0 fully saturated rings. The van der Waals surface area contributed by atoms with Crippen LogP contribution in [0.4, 0.5) is 5.69 Å². The molecule has 6 nitrogen and oxygen atoms in total. The third-order valence-corrected chi connectivity index (χ3v) is 6.51. The normalized spacial score (nSPS) is 11.1. The molecule has 7 heteroatoms. The Kier molecular flexibility index (Phi) is 7.37. The molecule has 0 atom stereocenters. The highest BCUT2D eigenvalue weighted by atomic mass is 32.2. The summed E-state index contributed by atoms with van der Waals surface area (Å²) in [4.78, 5) is 12.4. The number of carbonyl (C=O) groups excluding carboxylic acids is 1. The Bertz CT molecular complexity index is 1320. The second-order valence-electron chi connectivity index (χ2n) is 7.56. The van der Waals surface area contributed by atoms with E-state index in [0.717, 1.165) is 16.7 Å². The van der Waals surface area contributed by atoms with Crippen molar-refractivity contribution in [2.75, 3.05) is 11.9 Å². The summed E-state index contributed by atoms with van der Waals surface area (Å²) < 4.78 is 33.1. The van der Waals surface area contributed by atoms with Crippen molar-refractivity contribution in [3.8, 4) is 16.9 Å². The van der Waals surface area contributed by atoms with Gasteiger partial charge in [-0.15, -0.1) is 0 Å². The Hall–Kier alpha value is -3.94. The summed E-state index contributed by atoms with van der Waals surface area (Å²) in [5.74, 6) is 0.241. The topological polar surface area (TPSA) is 84.5 Å². The number of carbonyl (C=O) groups is 1. The molecule has 2 N–H and O–H groups in total. The molecular weight excluding hydrogens is 448 g/mol. The first-order valence-corrected chi connectivity index (χ1v) is 12.2. The summed E-state index contributed by atoms with van der Waals surface area (Å²) in [6.45, 7) is 0.0364. The summed E-state index contributed by atoms with van der Waals surface area (Å²) in [7, 11) is -3.66. The van der Waals surface area contributed by atoms with Gasteiger partial charge in [-0.2, -0.15) is 0 Å². The lowest BCUT2D eigenvalue weighted by Crippen LogP contribution is -2.23. The fraction of sp³-hybridized carbons (Fsp3) is 0.0741. The van der Waals surface area contributed by atoms with Gasteiger partial charge in [0.05, 0.1) is 4.90 Å². The molecule has 172 valence electrons. The van der Waals surface area contributed by atoms with Gasteiger partial charge in [0, 0.05) is 12.2 Å². The standard InChI is InChI=1S/C27H24N2O4S/c30-27(20-33-25-15-11-23(12-16-25)22-9-5-2-6-10-22)29-24-13-17-26(18-14-24)34(31,32)28-19-21-7-3-1-4-8-21/h1-18,28H,19-20H2,(H,29,30). The largest absolute Gasteiger partial charge is 0.484 e. The summed E-state index contributed by atoms with van der Waals surface area (Å²) in [6, 6.07) is 32.8. The van der Waals surface area contributed by atoms with Crippen LogP contribution in [0.3, 0.4) is 0 Å². The molecule has 4 aromatic carbocycles. The van der Waals surface area contributed by atoms with Crippen molar-refractivity contribution in [3.63, 3.8) is 0 Å². The number of amides is 1. The highest BCUT2D eigenvalue weighted by Crippen LogP contribution is 2.22. The van der Waals surface area contributed by atoms with Crippen LogP contribution in [0.15, 0.2) is 114 Å². The Morgan fingerprint density at radius 2 is 1.29 bits per heavy atom. The van der Waals surface area contributed by atoms with Crippen LogP contribution in [0.5, 0.6) is 5.75 Å². The quantitative estimate of drug-likeness (QED) is 0.365. The van der Waals surface area contributed by atoms with Gasteiger partial charge in [-0.25, -0.2) is 13.1 Å². The number of rotatable bonds is 9. The van der Waals surface area contributed by atoms with E-state index in [9.17, 15) is 13.2 Å². The first-order valence-electron chi connectivity index (χ1n) is 10.7. The second kappa shape index (κ2) is 10.8. The molecule has 0 unspecified atom stereocenters. The van der Waals surface area contributed by atoms with E-state index >= 15 is 0 Å². The summed E-state index contributed by atoms with van der Waals surface area (Å²) in [5.41, 5.74) is 3.51. The first kappa shape index (κ1) is 23.2. The number of hydrogen-bond acceptors (Lipinski definition) is 4. The highest BCUT2D eigenvalue weighted by molar-refractivity contribution is 7.89. The van der Waals surface area contributed by atoms with Crippen molar-refractivity contribution in [1.29, 1.82) is 0 Å². The molecule has 4 rings (SSSR count). The number of anilines is 1. The van der Waals surface area contributed by atoms with E-state index in [2.05, 4.69) is 10.0 Å². The molecular formula is C27H24N2O4S. The SMILES string of the molecule is O=C(COc1ccc(-c2ccccc2)cc1)Nc1ccc(S(=O)(=O)NCc2ccccc2)cc1. The van der Waals surface area contributed by atoms with E-state index in [1.807, 2.05) is 84.9 Å². The lowest BCUT2D eigenvalue weighted by atomic mass is 10.1. The van der Waals surface area contributed by atoms with E-state index < -0.39 is 10.0 Å². The van der Waals surface area contributed by atoms with E-state index in [1.54, 1.807) is 12.1 Å². The van der Waals surface area contributed by atoms with E-state index in [-0.39, 0.29) is 24.0 Å². The maximum Gasteiger partial charge on any atom is 0.262 e. The van der Waals surface area contributed by atoms with Gasteiger partial charge in [-0.05, 0) is 53.1 Å². The minimum Gasteiger partial charge on any atom is -0.484 e. The third kappa shape index (κ3) is 6.31.